The number of amides is 1. The third-order valence-electron chi connectivity index (χ3n) is 6.91. The van der Waals surface area contributed by atoms with E-state index in [4.69, 9.17) is 4.74 Å². The molecule has 0 bridgehead atoms. The number of hydrogen-bond acceptors (Lipinski definition) is 7. The number of methoxy groups -OCH3 is 1. The Hall–Kier alpha value is -4.12. The van der Waals surface area contributed by atoms with Gasteiger partial charge in [-0.05, 0) is 68.4 Å². The molecule has 1 fully saturated rings. The summed E-state index contributed by atoms with van der Waals surface area (Å²) in [6.07, 6.45) is 2.75. The van der Waals surface area contributed by atoms with Crippen LogP contribution < -0.4 is 14.4 Å². The summed E-state index contributed by atoms with van der Waals surface area (Å²) in [4.78, 5) is 25.4. The highest BCUT2D eigenvalue weighted by Gasteiger charge is 2.28. The van der Waals surface area contributed by atoms with E-state index in [0.717, 1.165) is 28.0 Å². The first-order chi connectivity index (χ1) is 18.3. The van der Waals surface area contributed by atoms with E-state index in [1.54, 1.807) is 31.4 Å². The molecule has 200 valence electrons. The van der Waals surface area contributed by atoms with Crippen molar-refractivity contribution >= 4 is 38.3 Å². The standard InChI is InChI=1S/C27H30N6O4S.H2/c1-19-16-21-17-23(37-3)6-9-25(21)33(19)20(2)27(34)32-14-12-31(13-15-32)22-4-7-24(8-5-22)38(35,36)30-26-10-11-28-18-29-26;/h4-11,16-18,20H,12-15H2,1-3H3,(H,28,29,30);1H. The van der Waals surface area contributed by atoms with Gasteiger partial charge in [-0.3, -0.25) is 9.52 Å². The van der Waals surface area contributed by atoms with Gasteiger partial charge in [0, 0.05) is 56.1 Å². The van der Waals surface area contributed by atoms with Gasteiger partial charge in [-0.25, -0.2) is 18.4 Å². The molecule has 3 heterocycles. The van der Waals surface area contributed by atoms with Gasteiger partial charge in [0.25, 0.3) is 10.0 Å². The second-order valence-corrected chi connectivity index (χ2v) is 10.9. The number of anilines is 2. The van der Waals surface area contributed by atoms with Gasteiger partial charge in [-0.1, -0.05) is 0 Å². The molecule has 0 aliphatic carbocycles. The molecule has 10 nitrogen and oxygen atoms in total. The maximum absolute atomic E-state index is 13.4. The first-order valence-electron chi connectivity index (χ1n) is 12.3. The molecule has 1 aliphatic rings. The van der Waals surface area contributed by atoms with Crippen molar-refractivity contribution in [1.29, 1.82) is 0 Å². The van der Waals surface area contributed by atoms with Crippen LogP contribution in [0.15, 0.2) is 72.0 Å². The van der Waals surface area contributed by atoms with Crippen LogP contribution in [0.5, 0.6) is 5.75 Å². The lowest BCUT2D eigenvalue weighted by Crippen LogP contribution is -2.50. The van der Waals surface area contributed by atoms with Crippen molar-refractivity contribution in [1.82, 2.24) is 19.4 Å². The van der Waals surface area contributed by atoms with Crippen molar-refractivity contribution in [2.24, 2.45) is 0 Å². The van der Waals surface area contributed by atoms with Crippen LogP contribution >= 0.6 is 0 Å². The van der Waals surface area contributed by atoms with E-state index in [1.807, 2.05) is 36.9 Å². The topological polar surface area (TPSA) is 110 Å². The molecule has 1 aliphatic heterocycles. The highest BCUT2D eigenvalue weighted by atomic mass is 32.2. The fourth-order valence-corrected chi connectivity index (χ4v) is 5.95. The number of hydrogen-bond donors (Lipinski definition) is 1. The molecule has 2 aromatic carbocycles. The second-order valence-electron chi connectivity index (χ2n) is 9.26. The van der Waals surface area contributed by atoms with Gasteiger partial charge in [0.1, 0.15) is 23.9 Å². The van der Waals surface area contributed by atoms with Crippen LogP contribution in [0, 0.1) is 6.92 Å². The number of ether oxygens (including phenoxy) is 1. The number of nitrogens with one attached hydrogen (secondary N) is 1. The zero-order valence-electron chi connectivity index (χ0n) is 21.5. The summed E-state index contributed by atoms with van der Waals surface area (Å²) in [7, 11) is -2.11. The van der Waals surface area contributed by atoms with Crippen LogP contribution in [0.4, 0.5) is 11.5 Å². The average molecular weight is 537 g/mol. The van der Waals surface area contributed by atoms with E-state index in [1.165, 1.54) is 18.6 Å². The largest absolute Gasteiger partial charge is 0.497 e. The van der Waals surface area contributed by atoms with Crippen molar-refractivity contribution in [3.05, 3.63) is 72.8 Å². The van der Waals surface area contributed by atoms with Crippen LogP contribution in [0.25, 0.3) is 10.9 Å². The number of carbonyl (C=O) groups is 1. The molecular weight excluding hydrogens is 504 g/mol. The lowest BCUT2D eigenvalue weighted by Gasteiger charge is -2.37. The van der Waals surface area contributed by atoms with Gasteiger partial charge >= 0.3 is 0 Å². The van der Waals surface area contributed by atoms with Crippen LogP contribution in [-0.4, -0.2) is 67.0 Å². The molecular formula is C27H32N6O4S. The average Bonchev–Trinajstić information content (AvgIpc) is 3.27. The molecule has 11 heteroatoms. The summed E-state index contributed by atoms with van der Waals surface area (Å²) in [5.74, 6) is 1.08. The Bertz CT molecular complexity index is 1550. The molecule has 2 aromatic heterocycles. The fraction of sp³-hybridized carbons (Fsp3) is 0.296. The lowest BCUT2D eigenvalue weighted by molar-refractivity contribution is -0.134. The molecule has 4 aromatic rings. The highest BCUT2D eigenvalue weighted by molar-refractivity contribution is 7.92. The molecule has 1 atom stereocenters. The fourth-order valence-electron chi connectivity index (χ4n) is 4.94. The Balaban J connectivity index is 0.00000353. The zero-order valence-corrected chi connectivity index (χ0v) is 22.4. The molecule has 0 spiro atoms. The smallest absolute Gasteiger partial charge is 0.263 e. The van der Waals surface area contributed by atoms with E-state index in [-0.39, 0.29) is 24.1 Å². The van der Waals surface area contributed by atoms with Crippen LogP contribution in [0.3, 0.4) is 0 Å². The van der Waals surface area contributed by atoms with Gasteiger partial charge in [-0.2, -0.15) is 0 Å². The Morgan fingerprint density at radius 2 is 1.79 bits per heavy atom. The summed E-state index contributed by atoms with van der Waals surface area (Å²) in [6.45, 7) is 6.45. The van der Waals surface area contributed by atoms with Crippen LogP contribution in [0.1, 0.15) is 20.1 Å². The number of piperazine rings is 1. The first kappa shape index (κ1) is 25.5. The predicted octanol–water partition coefficient (Wildman–Crippen LogP) is 3.70. The molecule has 1 N–H and O–H groups in total. The van der Waals surface area contributed by atoms with Crippen LogP contribution in [-0.2, 0) is 14.8 Å². The third-order valence-corrected chi connectivity index (χ3v) is 8.28. The lowest BCUT2D eigenvalue weighted by atomic mass is 10.2. The quantitative estimate of drug-likeness (QED) is 0.384. The normalized spacial score (nSPS) is 14.9. The monoisotopic (exact) mass is 536 g/mol. The summed E-state index contributed by atoms with van der Waals surface area (Å²) >= 11 is 0. The third kappa shape index (κ3) is 5.01. The van der Waals surface area contributed by atoms with Gasteiger partial charge in [0.05, 0.1) is 12.0 Å². The first-order valence-corrected chi connectivity index (χ1v) is 13.8. The Morgan fingerprint density at radius 1 is 1.05 bits per heavy atom. The van der Waals surface area contributed by atoms with Gasteiger partial charge < -0.3 is 19.1 Å². The Morgan fingerprint density at radius 3 is 2.45 bits per heavy atom. The zero-order chi connectivity index (χ0) is 26.9. The van der Waals surface area contributed by atoms with E-state index in [0.29, 0.717) is 26.2 Å². The molecule has 1 amide bonds. The minimum absolute atomic E-state index is 0. The minimum Gasteiger partial charge on any atom is -0.497 e. The number of fused-ring (bicyclic) bond motifs is 1. The number of carbonyl (C=O) groups excluding carboxylic acids is 1. The van der Waals surface area contributed by atoms with Crippen molar-refractivity contribution in [2.45, 2.75) is 24.8 Å². The number of aromatic nitrogens is 3. The summed E-state index contributed by atoms with van der Waals surface area (Å²) in [5, 5.41) is 1.05. The maximum atomic E-state index is 13.4. The number of aryl methyl sites for hydroxylation is 1. The summed E-state index contributed by atoms with van der Waals surface area (Å²) < 4.78 is 35.2. The number of nitrogens with zero attached hydrogens (tertiary/aromatic N) is 5. The van der Waals surface area contributed by atoms with E-state index in [9.17, 15) is 13.2 Å². The van der Waals surface area contributed by atoms with E-state index < -0.39 is 10.0 Å². The molecule has 1 unspecified atom stereocenters. The molecule has 0 radical (unpaired) electrons. The second kappa shape index (κ2) is 10.3. The number of benzene rings is 2. The van der Waals surface area contributed by atoms with Gasteiger partial charge in [0.2, 0.25) is 5.91 Å². The summed E-state index contributed by atoms with van der Waals surface area (Å²) in [6, 6.07) is 15.9. The maximum Gasteiger partial charge on any atom is 0.263 e. The van der Waals surface area contributed by atoms with Gasteiger partial charge in [0.15, 0.2) is 0 Å². The SMILES string of the molecule is COc1ccc2c(c1)cc(C)n2C(C)C(=O)N1CCN(c2ccc(S(=O)(=O)Nc3ccncn3)cc2)CC1.[HH]. The molecule has 38 heavy (non-hydrogen) atoms. The van der Waals surface area contributed by atoms with Crippen molar-refractivity contribution in [2.75, 3.05) is 42.9 Å². The van der Waals surface area contributed by atoms with Crippen LogP contribution in [0.2, 0.25) is 0 Å². The molecule has 0 saturated carbocycles. The van der Waals surface area contributed by atoms with Gasteiger partial charge in [-0.15, -0.1) is 0 Å². The van der Waals surface area contributed by atoms with E-state index in [2.05, 4.69) is 30.2 Å². The predicted molar refractivity (Wildman–Crippen MR) is 148 cm³/mol. The van der Waals surface area contributed by atoms with Crippen molar-refractivity contribution < 1.29 is 19.4 Å². The molecule has 1 saturated heterocycles. The Labute approximate surface area is 223 Å². The molecule has 5 rings (SSSR count). The summed E-state index contributed by atoms with van der Waals surface area (Å²) in [5.41, 5.74) is 2.94. The number of sulfonamides is 1. The minimum atomic E-state index is -3.76. The van der Waals surface area contributed by atoms with E-state index >= 15 is 0 Å². The highest BCUT2D eigenvalue weighted by Crippen LogP contribution is 2.29. The van der Waals surface area contributed by atoms with Crippen molar-refractivity contribution in [3.8, 4) is 5.75 Å². The number of rotatable bonds is 7. The van der Waals surface area contributed by atoms with Crippen molar-refractivity contribution in [3.63, 3.8) is 0 Å². The Kier molecular flexibility index (Phi) is 6.94.